The second-order valence-electron chi connectivity index (χ2n) is 7.16. The van der Waals surface area contributed by atoms with E-state index in [2.05, 4.69) is 0 Å². The summed E-state index contributed by atoms with van der Waals surface area (Å²) in [6, 6.07) is 8.81. The topological polar surface area (TPSA) is 107 Å². The maximum atomic E-state index is 10.9. The van der Waals surface area contributed by atoms with Gasteiger partial charge in [-0.3, -0.25) is 4.57 Å². The third kappa shape index (κ3) is 5.64. The number of ether oxygens (including phenoxy) is 1. The second-order valence-corrected chi connectivity index (χ2v) is 8.75. The molecule has 0 spiro atoms. The van der Waals surface area contributed by atoms with Crippen LogP contribution in [0, 0.1) is 13.8 Å². The second kappa shape index (κ2) is 8.55. The predicted molar refractivity (Wildman–Crippen MR) is 104 cm³/mol. The van der Waals surface area contributed by atoms with Crippen LogP contribution < -0.4 is 0 Å². The summed E-state index contributed by atoms with van der Waals surface area (Å²) in [5.41, 5.74) is 4.75. The zero-order valence-corrected chi connectivity index (χ0v) is 16.9. The Kier molecular flexibility index (Phi) is 6.84. The van der Waals surface area contributed by atoms with Crippen molar-refractivity contribution >= 4 is 7.60 Å². The first-order valence-electron chi connectivity index (χ1n) is 8.72. The molecule has 6 nitrogen and oxygen atoms in total. The third-order valence-electron chi connectivity index (χ3n) is 4.44. The minimum atomic E-state index is -4.19. The number of aryl methyl sites for hydroxylation is 2. The van der Waals surface area contributed by atoms with Crippen molar-refractivity contribution in [1.82, 2.24) is 0 Å². The van der Waals surface area contributed by atoms with Crippen molar-refractivity contribution < 1.29 is 29.3 Å². The van der Waals surface area contributed by atoms with Crippen LogP contribution in [0.25, 0.3) is 0 Å². The number of hydrogen-bond acceptors (Lipinski definition) is 4. The van der Waals surface area contributed by atoms with Gasteiger partial charge in [0.2, 0.25) is 0 Å². The summed E-state index contributed by atoms with van der Waals surface area (Å²) in [4.78, 5) is 17.7. The molecule has 0 heterocycles. The van der Waals surface area contributed by atoms with Gasteiger partial charge in [0.1, 0.15) is 18.2 Å². The molecular weight excluding hydrogens is 367 g/mol. The molecule has 0 amide bonds. The van der Waals surface area contributed by atoms with E-state index in [1.54, 1.807) is 12.1 Å². The molecule has 4 N–H and O–H groups in total. The molecule has 2 rings (SSSR count). The summed E-state index contributed by atoms with van der Waals surface area (Å²) >= 11 is 0. The number of phenols is 1. The molecule has 27 heavy (non-hydrogen) atoms. The minimum Gasteiger partial charge on any atom is -0.508 e. The molecule has 7 heteroatoms. The van der Waals surface area contributed by atoms with E-state index in [-0.39, 0.29) is 18.3 Å². The van der Waals surface area contributed by atoms with E-state index in [1.807, 2.05) is 45.9 Å². The van der Waals surface area contributed by atoms with Crippen LogP contribution in [0.15, 0.2) is 30.3 Å². The molecule has 0 radical (unpaired) electrons. The van der Waals surface area contributed by atoms with Crippen LogP contribution in [-0.4, -0.2) is 26.3 Å². The molecule has 0 bridgehead atoms. The van der Waals surface area contributed by atoms with Gasteiger partial charge in [-0.2, -0.15) is 0 Å². The first-order valence-corrected chi connectivity index (χ1v) is 10.5. The zero-order valence-electron chi connectivity index (χ0n) is 16.0. The minimum absolute atomic E-state index is 0.0832. The largest absolute Gasteiger partial charge is 0.508 e. The molecule has 148 valence electrons. The lowest BCUT2D eigenvalue weighted by molar-refractivity contribution is 0.144. The van der Waals surface area contributed by atoms with Crippen LogP contribution in [0.2, 0.25) is 0 Å². The first kappa shape index (κ1) is 21.6. The van der Waals surface area contributed by atoms with Crippen LogP contribution >= 0.6 is 7.60 Å². The van der Waals surface area contributed by atoms with Crippen LogP contribution in [0.1, 0.15) is 59.3 Å². The molecule has 0 fully saturated rings. The zero-order chi connectivity index (χ0) is 20.4. The highest BCUT2D eigenvalue weighted by atomic mass is 31.2. The lowest BCUT2D eigenvalue weighted by atomic mass is 9.90. The van der Waals surface area contributed by atoms with Crippen molar-refractivity contribution in [2.75, 3.05) is 6.35 Å². The van der Waals surface area contributed by atoms with Crippen LogP contribution in [0.4, 0.5) is 0 Å². The SMILES string of the molecule is Cc1cc(COCP(=O)(O)O)cc(C)c1C(O)c1ccc(O)c(C(C)C)c1. The predicted octanol–water partition coefficient (Wildman–Crippen LogP) is 3.87. The maximum absolute atomic E-state index is 10.9. The quantitative estimate of drug-likeness (QED) is 0.531. The van der Waals surface area contributed by atoms with Gasteiger partial charge in [0.15, 0.2) is 0 Å². The fraction of sp³-hybridized carbons (Fsp3) is 0.400. The molecule has 0 aliphatic carbocycles. The van der Waals surface area contributed by atoms with Gasteiger partial charge in [-0.25, -0.2) is 0 Å². The summed E-state index contributed by atoms with van der Waals surface area (Å²) in [5, 5.41) is 20.9. The lowest BCUT2D eigenvalue weighted by Gasteiger charge is -2.20. The molecule has 2 aromatic carbocycles. The average molecular weight is 394 g/mol. The molecule has 0 saturated heterocycles. The van der Waals surface area contributed by atoms with Gasteiger partial charge in [-0.05, 0) is 65.3 Å². The van der Waals surface area contributed by atoms with E-state index in [4.69, 9.17) is 14.5 Å². The van der Waals surface area contributed by atoms with Gasteiger partial charge in [-0.15, -0.1) is 0 Å². The van der Waals surface area contributed by atoms with E-state index < -0.39 is 20.0 Å². The Labute approximate surface area is 159 Å². The van der Waals surface area contributed by atoms with Gasteiger partial charge in [-0.1, -0.05) is 32.0 Å². The number of aliphatic hydroxyl groups excluding tert-OH is 1. The Bertz CT molecular complexity index is 833. The molecule has 2 aromatic rings. The molecule has 0 aliphatic heterocycles. The van der Waals surface area contributed by atoms with Crippen molar-refractivity contribution in [1.29, 1.82) is 0 Å². The highest BCUT2D eigenvalue weighted by Gasteiger charge is 2.19. The van der Waals surface area contributed by atoms with Crippen LogP contribution in [0.5, 0.6) is 5.75 Å². The first-order chi connectivity index (χ1) is 12.5. The summed E-state index contributed by atoms with van der Waals surface area (Å²) < 4.78 is 16.0. The molecule has 0 saturated carbocycles. The number of aromatic hydroxyl groups is 1. The van der Waals surface area contributed by atoms with Crippen molar-refractivity contribution in [3.8, 4) is 5.75 Å². The summed E-state index contributed by atoms with van der Waals surface area (Å²) in [7, 11) is -4.19. The number of hydrogen-bond donors (Lipinski definition) is 4. The maximum Gasteiger partial charge on any atom is 0.350 e. The van der Waals surface area contributed by atoms with Gasteiger partial charge in [0.25, 0.3) is 0 Å². The molecule has 1 unspecified atom stereocenters. The molecule has 0 aromatic heterocycles. The summed E-state index contributed by atoms with van der Waals surface area (Å²) in [6.45, 7) is 7.80. The fourth-order valence-corrected chi connectivity index (χ4v) is 3.56. The Morgan fingerprint density at radius 2 is 1.67 bits per heavy atom. The number of benzene rings is 2. The molecular formula is C20H27O6P. The van der Waals surface area contributed by atoms with E-state index in [1.165, 1.54) is 0 Å². The highest BCUT2D eigenvalue weighted by molar-refractivity contribution is 7.51. The Morgan fingerprint density at radius 1 is 1.07 bits per heavy atom. The van der Waals surface area contributed by atoms with Gasteiger partial charge < -0.3 is 24.7 Å². The monoisotopic (exact) mass is 394 g/mol. The van der Waals surface area contributed by atoms with Crippen LogP contribution in [-0.2, 0) is 15.9 Å². The van der Waals surface area contributed by atoms with Gasteiger partial charge in [0, 0.05) is 0 Å². The van der Waals surface area contributed by atoms with Crippen LogP contribution in [0.3, 0.4) is 0 Å². The van der Waals surface area contributed by atoms with Gasteiger partial charge >= 0.3 is 7.60 Å². The Balaban J connectivity index is 2.28. The highest BCUT2D eigenvalue weighted by Crippen LogP contribution is 2.35. The lowest BCUT2D eigenvalue weighted by Crippen LogP contribution is -2.07. The van der Waals surface area contributed by atoms with Crippen molar-refractivity contribution in [3.05, 3.63) is 63.7 Å². The molecule has 0 aliphatic rings. The Hall–Kier alpha value is -1.69. The van der Waals surface area contributed by atoms with E-state index >= 15 is 0 Å². The Morgan fingerprint density at radius 3 is 2.19 bits per heavy atom. The average Bonchev–Trinajstić information content (AvgIpc) is 2.53. The molecule has 1 atom stereocenters. The summed E-state index contributed by atoms with van der Waals surface area (Å²) in [6.07, 6.45) is -1.46. The van der Waals surface area contributed by atoms with Crippen molar-refractivity contribution in [2.45, 2.75) is 46.3 Å². The number of phenolic OH excluding ortho intramolecular Hbond substituents is 1. The smallest absolute Gasteiger partial charge is 0.350 e. The fourth-order valence-electron chi connectivity index (χ4n) is 3.23. The third-order valence-corrected chi connectivity index (χ3v) is 4.96. The van der Waals surface area contributed by atoms with E-state index in [9.17, 15) is 14.8 Å². The normalized spacial score (nSPS) is 13.2. The van der Waals surface area contributed by atoms with Crippen molar-refractivity contribution in [3.63, 3.8) is 0 Å². The number of aliphatic hydroxyl groups is 1. The standard InChI is InChI=1S/C20H27O6P/c1-12(2)17-9-16(5-6-18(17)21)20(22)19-13(3)7-15(8-14(19)4)10-26-11-27(23,24)25/h5-9,12,20-22H,10-11H2,1-4H3,(H2,23,24,25). The van der Waals surface area contributed by atoms with Gasteiger partial charge in [0.05, 0.1) is 6.61 Å². The van der Waals surface area contributed by atoms with E-state index in [0.717, 1.165) is 27.8 Å². The van der Waals surface area contributed by atoms with Crippen molar-refractivity contribution in [2.24, 2.45) is 0 Å². The number of rotatable bonds is 7. The van der Waals surface area contributed by atoms with E-state index in [0.29, 0.717) is 5.56 Å². The summed E-state index contributed by atoms with van der Waals surface area (Å²) in [5.74, 6) is 0.347.